The lowest BCUT2D eigenvalue weighted by atomic mass is 10.2. The van der Waals surface area contributed by atoms with Gasteiger partial charge in [0.1, 0.15) is 5.82 Å². The zero-order valence-electron chi connectivity index (χ0n) is 13.3. The van der Waals surface area contributed by atoms with Gasteiger partial charge in [-0.1, -0.05) is 26.0 Å². The van der Waals surface area contributed by atoms with Crippen LogP contribution in [0.5, 0.6) is 0 Å². The fourth-order valence-electron chi connectivity index (χ4n) is 2.15. The van der Waals surface area contributed by atoms with Crippen LogP contribution < -0.4 is 10.2 Å². The lowest BCUT2D eigenvalue weighted by Crippen LogP contribution is -2.22. The molecule has 21 heavy (non-hydrogen) atoms. The van der Waals surface area contributed by atoms with Crippen molar-refractivity contribution in [2.24, 2.45) is 5.92 Å². The maximum absolute atomic E-state index is 4.60. The highest BCUT2D eigenvalue weighted by atomic mass is 32.1. The molecule has 0 spiro atoms. The average molecular weight is 303 g/mol. The van der Waals surface area contributed by atoms with Crippen molar-refractivity contribution in [3.05, 3.63) is 46.3 Å². The summed E-state index contributed by atoms with van der Waals surface area (Å²) in [5, 5.41) is 5.56. The second-order valence-electron chi connectivity index (χ2n) is 5.85. The van der Waals surface area contributed by atoms with Crippen LogP contribution in [0.15, 0.2) is 35.8 Å². The van der Waals surface area contributed by atoms with Crippen LogP contribution in [0.2, 0.25) is 0 Å². The first-order valence-electron chi connectivity index (χ1n) is 7.49. The van der Waals surface area contributed by atoms with Crippen LogP contribution in [0.4, 0.5) is 5.82 Å². The highest BCUT2D eigenvalue weighted by Crippen LogP contribution is 2.26. The SMILES string of the molecule is CC(C)CNCc1ccc(N(C)C(C)c2cccs2)nc1. The molecule has 0 aliphatic heterocycles. The molecule has 4 heteroatoms. The standard InChI is InChI=1S/C17H25N3S/c1-13(2)10-18-11-15-7-8-17(19-12-15)20(4)14(3)16-6-5-9-21-16/h5-9,12-14,18H,10-11H2,1-4H3. The smallest absolute Gasteiger partial charge is 0.128 e. The summed E-state index contributed by atoms with van der Waals surface area (Å²) in [5.41, 5.74) is 1.23. The van der Waals surface area contributed by atoms with E-state index < -0.39 is 0 Å². The summed E-state index contributed by atoms with van der Waals surface area (Å²) in [6, 6.07) is 8.89. The van der Waals surface area contributed by atoms with Crippen molar-refractivity contribution in [3.63, 3.8) is 0 Å². The van der Waals surface area contributed by atoms with Gasteiger partial charge in [0.15, 0.2) is 0 Å². The Morgan fingerprint density at radius 2 is 2.05 bits per heavy atom. The molecule has 0 saturated heterocycles. The second kappa shape index (κ2) is 7.57. The second-order valence-corrected chi connectivity index (χ2v) is 6.83. The molecule has 2 aromatic rings. The Morgan fingerprint density at radius 1 is 1.24 bits per heavy atom. The van der Waals surface area contributed by atoms with Gasteiger partial charge in [-0.15, -0.1) is 11.3 Å². The molecule has 1 atom stereocenters. The summed E-state index contributed by atoms with van der Waals surface area (Å²) in [5.74, 6) is 1.69. The quantitative estimate of drug-likeness (QED) is 0.835. The van der Waals surface area contributed by atoms with Crippen molar-refractivity contribution in [3.8, 4) is 0 Å². The molecule has 2 rings (SSSR count). The highest BCUT2D eigenvalue weighted by molar-refractivity contribution is 7.10. The molecule has 0 aliphatic carbocycles. The van der Waals surface area contributed by atoms with Crippen molar-refractivity contribution in [2.75, 3.05) is 18.5 Å². The fourth-order valence-corrected chi connectivity index (χ4v) is 2.98. The van der Waals surface area contributed by atoms with Crippen LogP contribution in [0.1, 0.15) is 37.3 Å². The number of nitrogens with zero attached hydrogens (tertiary/aromatic N) is 2. The van der Waals surface area contributed by atoms with Crippen LogP contribution in [-0.4, -0.2) is 18.6 Å². The van der Waals surface area contributed by atoms with Crippen LogP contribution in [0, 0.1) is 5.92 Å². The Balaban J connectivity index is 1.95. The lowest BCUT2D eigenvalue weighted by molar-refractivity contribution is 0.552. The first-order chi connectivity index (χ1) is 10.1. The molecule has 0 saturated carbocycles. The zero-order chi connectivity index (χ0) is 15.2. The first-order valence-corrected chi connectivity index (χ1v) is 8.37. The van der Waals surface area contributed by atoms with Gasteiger partial charge < -0.3 is 10.2 Å². The molecule has 1 unspecified atom stereocenters. The Bertz CT molecular complexity index is 519. The van der Waals surface area contributed by atoms with E-state index in [-0.39, 0.29) is 0 Å². The van der Waals surface area contributed by atoms with Crippen molar-refractivity contribution >= 4 is 17.2 Å². The minimum atomic E-state index is 0.349. The van der Waals surface area contributed by atoms with E-state index in [9.17, 15) is 0 Å². The molecular formula is C17H25N3S. The summed E-state index contributed by atoms with van der Waals surface area (Å²) >= 11 is 1.79. The molecule has 0 radical (unpaired) electrons. The van der Waals surface area contributed by atoms with Crippen LogP contribution in [0.3, 0.4) is 0 Å². The first kappa shape index (κ1) is 16.0. The topological polar surface area (TPSA) is 28.2 Å². The number of hydrogen-bond donors (Lipinski definition) is 1. The Labute approximate surface area is 132 Å². The molecular weight excluding hydrogens is 278 g/mol. The Kier molecular flexibility index (Phi) is 5.76. The van der Waals surface area contributed by atoms with Gasteiger partial charge >= 0.3 is 0 Å². The number of pyridine rings is 1. The largest absolute Gasteiger partial charge is 0.352 e. The van der Waals surface area contributed by atoms with Crippen molar-refractivity contribution in [2.45, 2.75) is 33.4 Å². The van der Waals surface area contributed by atoms with Gasteiger partial charge in [0.25, 0.3) is 0 Å². The third kappa shape index (κ3) is 4.55. The molecule has 114 valence electrons. The van der Waals surface area contributed by atoms with Crippen molar-refractivity contribution in [1.29, 1.82) is 0 Å². The van der Waals surface area contributed by atoms with Crippen molar-refractivity contribution < 1.29 is 0 Å². The van der Waals surface area contributed by atoms with Gasteiger partial charge in [0, 0.05) is 24.7 Å². The molecule has 0 bridgehead atoms. The molecule has 3 nitrogen and oxygen atoms in total. The molecule has 0 amide bonds. The lowest BCUT2D eigenvalue weighted by Gasteiger charge is -2.25. The van der Waals surface area contributed by atoms with Crippen LogP contribution in [-0.2, 0) is 6.54 Å². The number of aromatic nitrogens is 1. The van der Waals surface area contributed by atoms with Gasteiger partial charge in [0.2, 0.25) is 0 Å². The summed E-state index contributed by atoms with van der Waals surface area (Å²) in [4.78, 5) is 8.18. The van der Waals surface area contributed by atoms with Gasteiger partial charge in [-0.25, -0.2) is 4.98 Å². The number of thiophene rings is 1. The zero-order valence-corrected chi connectivity index (χ0v) is 14.2. The van der Waals surface area contributed by atoms with E-state index in [4.69, 9.17) is 0 Å². The Morgan fingerprint density at radius 3 is 2.62 bits per heavy atom. The number of rotatable bonds is 7. The minimum absolute atomic E-state index is 0.349. The summed E-state index contributed by atoms with van der Waals surface area (Å²) in [7, 11) is 2.10. The predicted molar refractivity (Wildman–Crippen MR) is 91.9 cm³/mol. The molecule has 0 aromatic carbocycles. The number of nitrogens with one attached hydrogen (secondary N) is 1. The van der Waals surface area contributed by atoms with E-state index in [1.165, 1.54) is 10.4 Å². The summed E-state index contributed by atoms with van der Waals surface area (Å²) in [6.07, 6.45) is 1.97. The average Bonchev–Trinajstić information content (AvgIpc) is 3.00. The maximum Gasteiger partial charge on any atom is 0.128 e. The van der Waals surface area contributed by atoms with Crippen LogP contribution >= 0.6 is 11.3 Å². The predicted octanol–water partition coefficient (Wildman–Crippen LogP) is 4.09. The Hall–Kier alpha value is -1.39. The molecule has 0 fully saturated rings. The highest BCUT2D eigenvalue weighted by Gasteiger charge is 2.13. The van der Waals surface area contributed by atoms with Gasteiger partial charge in [-0.2, -0.15) is 0 Å². The normalized spacial score (nSPS) is 12.6. The van der Waals surface area contributed by atoms with E-state index in [1.54, 1.807) is 11.3 Å². The third-order valence-corrected chi connectivity index (χ3v) is 4.63. The molecule has 2 heterocycles. The molecule has 1 N–H and O–H groups in total. The van der Waals surface area contributed by atoms with Gasteiger partial charge in [-0.3, -0.25) is 0 Å². The fraction of sp³-hybridized carbons (Fsp3) is 0.471. The maximum atomic E-state index is 4.60. The molecule has 0 aliphatic rings. The summed E-state index contributed by atoms with van der Waals surface area (Å²) in [6.45, 7) is 8.57. The van der Waals surface area contributed by atoms with Gasteiger partial charge in [0.05, 0.1) is 6.04 Å². The monoisotopic (exact) mass is 303 g/mol. The van der Waals surface area contributed by atoms with Crippen LogP contribution in [0.25, 0.3) is 0 Å². The van der Waals surface area contributed by atoms with E-state index in [0.717, 1.165) is 18.9 Å². The number of hydrogen-bond acceptors (Lipinski definition) is 4. The molecule has 2 aromatic heterocycles. The van der Waals surface area contributed by atoms with E-state index in [2.05, 4.69) is 72.7 Å². The van der Waals surface area contributed by atoms with Gasteiger partial charge in [-0.05, 0) is 42.5 Å². The van der Waals surface area contributed by atoms with E-state index in [0.29, 0.717) is 12.0 Å². The number of anilines is 1. The van der Waals surface area contributed by atoms with Crippen molar-refractivity contribution in [1.82, 2.24) is 10.3 Å². The van der Waals surface area contributed by atoms with E-state index >= 15 is 0 Å². The third-order valence-electron chi connectivity index (χ3n) is 3.59. The van der Waals surface area contributed by atoms with E-state index in [1.807, 2.05) is 6.20 Å². The summed E-state index contributed by atoms with van der Waals surface area (Å²) < 4.78 is 0. The minimum Gasteiger partial charge on any atom is -0.352 e.